The van der Waals surface area contributed by atoms with Crippen LogP contribution >= 0.6 is 0 Å². The quantitative estimate of drug-likeness (QED) is 0.453. The average Bonchev–Trinajstić information content (AvgIpc) is 2.33. The van der Waals surface area contributed by atoms with Gasteiger partial charge in [0, 0.05) is 39.3 Å². The van der Waals surface area contributed by atoms with Gasteiger partial charge in [0.25, 0.3) is 0 Å². The average molecular weight is 253 g/mol. The van der Waals surface area contributed by atoms with E-state index in [0.29, 0.717) is 25.2 Å². The summed E-state index contributed by atoms with van der Waals surface area (Å²) in [5, 5.41) is 24.6. The number of aromatic hydroxyl groups is 2. The Labute approximate surface area is 106 Å². The number of hydrogen-bond donors (Lipinski definition) is 4. The van der Waals surface area contributed by atoms with Gasteiger partial charge >= 0.3 is 6.03 Å². The molecule has 0 atom stereocenters. The Morgan fingerprint density at radius 2 is 2.00 bits per heavy atom. The van der Waals surface area contributed by atoms with Gasteiger partial charge in [-0.15, -0.1) is 0 Å². The first kappa shape index (κ1) is 14.1. The molecule has 18 heavy (non-hydrogen) atoms. The lowest BCUT2D eigenvalue weighted by atomic mass is 10.2. The Morgan fingerprint density at radius 1 is 1.28 bits per heavy atom. The van der Waals surface area contributed by atoms with Crippen LogP contribution in [-0.2, 0) is 6.54 Å². The Kier molecular flexibility index (Phi) is 5.26. The molecule has 0 aliphatic rings. The van der Waals surface area contributed by atoms with Crippen LogP contribution in [0.5, 0.6) is 11.5 Å². The summed E-state index contributed by atoms with van der Waals surface area (Å²) in [6.07, 6.45) is 0. The standard InChI is InChI=1S/C12H19N3O3/c1-15(2)12(18)14-7-6-13-8-9-4-3-5-10(16)11(9)17/h3-5,13,16-17H,6-8H2,1-2H3,(H,14,18). The third kappa shape index (κ3) is 4.14. The van der Waals surface area contributed by atoms with E-state index in [-0.39, 0.29) is 17.5 Å². The molecule has 1 aromatic rings. The Balaban J connectivity index is 2.26. The second-order valence-electron chi connectivity index (χ2n) is 4.09. The van der Waals surface area contributed by atoms with Gasteiger partial charge in [0.05, 0.1) is 0 Å². The molecule has 0 radical (unpaired) electrons. The molecule has 1 aromatic carbocycles. The fourth-order valence-corrected chi connectivity index (χ4v) is 1.36. The monoisotopic (exact) mass is 253 g/mol. The molecule has 0 spiro atoms. The number of phenolic OH excluding ortho intramolecular Hbond substituents is 2. The van der Waals surface area contributed by atoms with E-state index in [4.69, 9.17) is 0 Å². The van der Waals surface area contributed by atoms with Crippen molar-refractivity contribution in [3.63, 3.8) is 0 Å². The molecule has 0 heterocycles. The van der Waals surface area contributed by atoms with Crippen LogP contribution in [0.15, 0.2) is 18.2 Å². The number of benzene rings is 1. The van der Waals surface area contributed by atoms with Gasteiger partial charge in [-0.1, -0.05) is 12.1 Å². The van der Waals surface area contributed by atoms with Crippen molar-refractivity contribution >= 4 is 6.03 Å². The van der Waals surface area contributed by atoms with Gasteiger partial charge in [-0.05, 0) is 6.07 Å². The highest BCUT2D eigenvalue weighted by molar-refractivity contribution is 5.73. The molecule has 0 saturated heterocycles. The predicted molar refractivity (Wildman–Crippen MR) is 68.6 cm³/mol. The molecule has 0 fully saturated rings. The van der Waals surface area contributed by atoms with Gasteiger partial charge in [-0.3, -0.25) is 0 Å². The number of nitrogens with zero attached hydrogens (tertiary/aromatic N) is 1. The molecule has 0 aliphatic heterocycles. The Hall–Kier alpha value is -1.95. The third-order valence-corrected chi connectivity index (χ3v) is 2.40. The predicted octanol–water partition coefficient (Wildman–Crippen LogP) is 0.459. The number of hydrogen-bond acceptors (Lipinski definition) is 4. The summed E-state index contributed by atoms with van der Waals surface area (Å²) in [6.45, 7) is 1.50. The normalized spacial score (nSPS) is 10.1. The van der Waals surface area contributed by atoms with Crippen molar-refractivity contribution in [2.24, 2.45) is 0 Å². The topological polar surface area (TPSA) is 84.8 Å². The summed E-state index contributed by atoms with van der Waals surface area (Å²) in [5.41, 5.74) is 0.619. The van der Waals surface area contributed by atoms with Gasteiger partial charge in [0.2, 0.25) is 0 Å². The summed E-state index contributed by atoms with van der Waals surface area (Å²) in [6, 6.07) is 4.67. The van der Waals surface area contributed by atoms with E-state index in [9.17, 15) is 15.0 Å². The van der Waals surface area contributed by atoms with Gasteiger partial charge < -0.3 is 25.7 Å². The molecule has 0 aliphatic carbocycles. The number of phenols is 2. The molecule has 1 rings (SSSR count). The zero-order valence-corrected chi connectivity index (χ0v) is 10.6. The molecule has 6 nitrogen and oxygen atoms in total. The van der Waals surface area contributed by atoms with Crippen LogP contribution in [0.25, 0.3) is 0 Å². The lowest BCUT2D eigenvalue weighted by Gasteiger charge is -2.12. The van der Waals surface area contributed by atoms with Gasteiger partial charge in [-0.2, -0.15) is 0 Å². The van der Waals surface area contributed by atoms with E-state index in [1.165, 1.54) is 11.0 Å². The Bertz CT molecular complexity index is 408. The minimum Gasteiger partial charge on any atom is -0.504 e. The largest absolute Gasteiger partial charge is 0.504 e. The number of carbonyl (C=O) groups excluding carboxylic acids is 1. The molecule has 4 N–H and O–H groups in total. The fourth-order valence-electron chi connectivity index (χ4n) is 1.36. The summed E-state index contributed by atoms with van der Waals surface area (Å²) in [7, 11) is 3.35. The van der Waals surface area contributed by atoms with Crippen molar-refractivity contribution in [3.8, 4) is 11.5 Å². The van der Waals surface area contributed by atoms with Gasteiger partial charge in [0.15, 0.2) is 11.5 Å². The highest BCUT2D eigenvalue weighted by atomic mass is 16.3. The van der Waals surface area contributed by atoms with E-state index < -0.39 is 0 Å². The lowest BCUT2D eigenvalue weighted by molar-refractivity contribution is 0.217. The minimum atomic E-state index is -0.142. The maximum Gasteiger partial charge on any atom is 0.316 e. The molecule has 100 valence electrons. The second kappa shape index (κ2) is 6.70. The maximum absolute atomic E-state index is 11.2. The fraction of sp³-hybridized carbons (Fsp3) is 0.417. The number of carbonyl (C=O) groups is 1. The maximum atomic E-state index is 11.2. The number of urea groups is 1. The SMILES string of the molecule is CN(C)C(=O)NCCNCc1cccc(O)c1O. The van der Waals surface area contributed by atoms with Crippen LogP contribution in [0.4, 0.5) is 4.79 Å². The van der Waals surface area contributed by atoms with E-state index in [0.717, 1.165) is 0 Å². The molecule has 0 saturated carbocycles. The molecular weight excluding hydrogens is 234 g/mol. The van der Waals surface area contributed by atoms with Crippen LogP contribution < -0.4 is 10.6 Å². The first-order valence-electron chi connectivity index (χ1n) is 5.68. The minimum absolute atomic E-state index is 0.109. The first-order valence-corrected chi connectivity index (χ1v) is 5.68. The Morgan fingerprint density at radius 3 is 2.67 bits per heavy atom. The van der Waals surface area contributed by atoms with Crippen molar-refractivity contribution in [2.45, 2.75) is 6.54 Å². The van der Waals surface area contributed by atoms with Crippen LogP contribution in [0.1, 0.15) is 5.56 Å². The van der Waals surface area contributed by atoms with E-state index in [1.54, 1.807) is 26.2 Å². The molecule has 0 aromatic heterocycles. The van der Waals surface area contributed by atoms with Crippen molar-refractivity contribution in [2.75, 3.05) is 27.2 Å². The van der Waals surface area contributed by atoms with Crippen LogP contribution in [-0.4, -0.2) is 48.3 Å². The van der Waals surface area contributed by atoms with E-state index >= 15 is 0 Å². The highest BCUT2D eigenvalue weighted by Crippen LogP contribution is 2.27. The summed E-state index contributed by atoms with van der Waals surface area (Å²) < 4.78 is 0. The van der Waals surface area contributed by atoms with Crippen molar-refractivity contribution in [3.05, 3.63) is 23.8 Å². The second-order valence-corrected chi connectivity index (χ2v) is 4.09. The lowest BCUT2D eigenvalue weighted by Crippen LogP contribution is -2.38. The highest BCUT2D eigenvalue weighted by Gasteiger charge is 2.05. The van der Waals surface area contributed by atoms with Crippen molar-refractivity contribution in [1.29, 1.82) is 0 Å². The van der Waals surface area contributed by atoms with Crippen molar-refractivity contribution < 1.29 is 15.0 Å². The van der Waals surface area contributed by atoms with Crippen LogP contribution in [0.3, 0.4) is 0 Å². The van der Waals surface area contributed by atoms with Crippen LogP contribution in [0.2, 0.25) is 0 Å². The zero-order chi connectivity index (χ0) is 13.5. The van der Waals surface area contributed by atoms with E-state index in [1.807, 2.05) is 0 Å². The van der Waals surface area contributed by atoms with Crippen molar-refractivity contribution in [1.82, 2.24) is 15.5 Å². The number of nitrogens with one attached hydrogen (secondary N) is 2. The molecular formula is C12H19N3O3. The molecule has 0 bridgehead atoms. The molecule has 0 unspecified atom stereocenters. The third-order valence-electron chi connectivity index (χ3n) is 2.40. The first-order chi connectivity index (χ1) is 8.52. The van der Waals surface area contributed by atoms with Gasteiger partial charge in [-0.25, -0.2) is 4.79 Å². The smallest absolute Gasteiger partial charge is 0.316 e. The summed E-state index contributed by atoms with van der Waals surface area (Å²) in [5.74, 6) is -0.238. The number of para-hydroxylation sites is 1. The van der Waals surface area contributed by atoms with Gasteiger partial charge in [0.1, 0.15) is 0 Å². The zero-order valence-electron chi connectivity index (χ0n) is 10.6. The molecule has 6 heteroatoms. The summed E-state index contributed by atoms with van der Waals surface area (Å²) in [4.78, 5) is 12.6. The summed E-state index contributed by atoms with van der Waals surface area (Å²) >= 11 is 0. The van der Waals surface area contributed by atoms with Crippen LogP contribution in [0, 0.1) is 0 Å². The number of rotatable bonds is 5. The number of amides is 2. The van der Waals surface area contributed by atoms with E-state index in [2.05, 4.69) is 10.6 Å². The molecule has 2 amide bonds.